The number of methoxy groups -OCH3 is 2. The van der Waals surface area contributed by atoms with E-state index in [1.807, 2.05) is 25.1 Å². The van der Waals surface area contributed by atoms with Crippen molar-refractivity contribution in [2.45, 2.75) is 13.5 Å². The van der Waals surface area contributed by atoms with Crippen LogP contribution >= 0.6 is 0 Å². The molecule has 0 saturated carbocycles. The maximum absolute atomic E-state index is 5.40. The van der Waals surface area contributed by atoms with E-state index >= 15 is 0 Å². The summed E-state index contributed by atoms with van der Waals surface area (Å²) in [5.74, 6) is 8.22. The van der Waals surface area contributed by atoms with Gasteiger partial charge in [0, 0.05) is 23.7 Å². The highest BCUT2D eigenvalue weighted by Gasteiger charge is 2.08. The predicted molar refractivity (Wildman–Crippen MR) is 81.5 cm³/mol. The van der Waals surface area contributed by atoms with Gasteiger partial charge in [-0.2, -0.15) is 0 Å². The zero-order valence-corrected chi connectivity index (χ0v) is 12.3. The first-order valence-electron chi connectivity index (χ1n) is 6.42. The number of anilines is 2. The molecule has 21 heavy (non-hydrogen) atoms. The van der Waals surface area contributed by atoms with Crippen LogP contribution in [0.1, 0.15) is 11.1 Å². The third-order valence-electron chi connectivity index (χ3n) is 3.16. The molecule has 0 amide bonds. The number of hydrogen-bond donors (Lipinski definition) is 3. The molecule has 1 heterocycles. The van der Waals surface area contributed by atoms with Gasteiger partial charge in [-0.1, -0.05) is 0 Å². The SMILES string of the molecule is COc1ccc(CNc2ncnc(NN)c2C)c(OC)c1. The van der Waals surface area contributed by atoms with Gasteiger partial charge in [-0.3, -0.25) is 0 Å². The van der Waals surface area contributed by atoms with E-state index in [1.165, 1.54) is 6.33 Å². The molecule has 2 aromatic rings. The number of nitrogens with zero attached hydrogens (tertiary/aromatic N) is 2. The lowest BCUT2D eigenvalue weighted by molar-refractivity contribution is 0.391. The number of aromatic nitrogens is 2. The van der Waals surface area contributed by atoms with Crippen LogP contribution in [0.25, 0.3) is 0 Å². The van der Waals surface area contributed by atoms with E-state index in [0.717, 1.165) is 28.4 Å². The number of hydrogen-bond acceptors (Lipinski definition) is 7. The van der Waals surface area contributed by atoms with Gasteiger partial charge in [0.2, 0.25) is 0 Å². The molecule has 0 aliphatic carbocycles. The Morgan fingerprint density at radius 1 is 1.14 bits per heavy atom. The van der Waals surface area contributed by atoms with Gasteiger partial charge in [0.05, 0.1) is 14.2 Å². The molecule has 0 spiro atoms. The Labute approximate surface area is 123 Å². The molecule has 0 unspecified atom stereocenters. The summed E-state index contributed by atoms with van der Waals surface area (Å²) >= 11 is 0. The zero-order valence-electron chi connectivity index (χ0n) is 12.3. The summed E-state index contributed by atoms with van der Waals surface area (Å²) < 4.78 is 10.5. The summed E-state index contributed by atoms with van der Waals surface area (Å²) in [6.07, 6.45) is 1.45. The molecule has 1 aromatic heterocycles. The van der Waals surface area contributed by atoms with E-state index in [9.17, 15) is 0 Å². The largest absolute Gasteiger partial charge is 0.497 e. The third kappa shape index (κ3) is 3.32. The number of benzene rings is 1. The van der Waals surface area contributed by atoms with Gasteiger partial charge in [0.1, 0.15) is 29.5 Å². The quantitative estimate of drug-likeness (QED) is 0.550. The Morgan fingerprint density at radius 3 is 2.57 bits per heavy atom. The molecule has 1 aromatic carbocycles. The third-order valence-corrected chi connectivity index (χ3v) is 3.16. The fourth-order valence-electron chi connectivity index (χ4n) is 1.95. The summed E-state index contributed by atoms with van der Waals surface area (Å²) in [5, 5.41) is 3.25. The average Bonchev–Trinajstić information content (AvgIpc) is 2.53. The standard InChI is InChI=1S/C14H19N5O2/c1-9-13(17-8-18-14(9)19-15)16-7-10-4-5-11(20-2)6-12(10)21-3/h4-6,8H,7,15H2,1-3H3,(H2,16,17,18,19). The summed E-state index contributed by atoms with van der Waals surface area (Å²) in [5.41, 5.74) is 4.39. The van der Waals surface area contributed by atoms with E-state index in [1.54, 1.807) is 14.2 Å². The number of rotatable bonds is 6. The number of nitrogens with one attached hydrogen (secondary N) is 2. The summed E-state index contributed by atoms with van der Waals surface area (Å²) in [7, 11) is 3.25. The second kappa shape index (κ2) is 6.76. The normalized spacial score (nSPS) is 10.1. The maximum Gasteiger partial charge on any atom is 0.148 e. The van der Waals surface area contributed by atoms with Crippen LogP contribution in [0.2, 0.25) is 0 Å². The van der Waals surface area contributed by atoms with Crippen LogP contribution in [0.5, 0.6) is 11.5 Å². The molecule has 0 bridgehead atoms. The van der Waals surface area contributed by atoms with Crippen LogP contribution < -0.4 is 26.1 Å². The monoisotopic (exact) mass is 289 g/mol. The molecule has 0 saturated heterocycles. The molecule has 2 rings (SSSR count). The Balaban J connectivity index is 2.16. The maximum atomic E-state index is 5.40. The van der Waals surface area contributed by atoms with Gasteiger partial charge in [-0.05, 0) is 19.1 Å². The zero-order chi connectivity index (χ0) is 15.2. The van der Waals surface area contributed by atoms with Gasteiger partial charge < -0.3 is 20.2 Å². The average molecular weight is 289 g/mol. The molecule has 0 fully saturated rings. The van der Waals surface area contributed by atoms with Gasteiger partial charge in [0.25, 0.3) is 0 Å². The van der Waals surface area contributed by atoms with Crippen LogP contribution in [0, 0.1) is 6.92 Å². The first-order valence-corrected chi connectivity index (χ1v) is 6.42. The van der Waals surface area contributed by atoms with E-state index in [-0.39, 0.29) is 0 Å². The van der Waals surface area contributed by atoms with Crippen molar-refractivity contribution in [2.24, 2.45) is 5.84 Å². The molecule has 7 heteroatoms. The highest BCUT2D eigenvalue weighted by molar-refractivity contribution is 5.56. The molecule has 0 atom stereocenters. The number of ether oxygens (including phenoxy) is 2. The van der Waals surface area contributed by atoms with Crippen molar-refractivity contribution < 1.29 is 9.47 Å². The molecule has 0 aliphatic heterocycles. The van der Waals surface area contributed by atoms with E-state index in [4.69, 9.17) is 15.3 Å². The van der Waals surface area contributed by atoms with E-state index in [2.05, 4.69) is 20.7 Å². The summed E-state index contributed by atoms with van der Waals surface area (Å²) in [4.78, 5) is 8.25. The Morgan fingerprint density at radius 2 is 1.90 bits per heavy atom. The number of nitrogen functional groups attached to an aromatic ring is 1. The number of nitrogens with two attached hydrogens (primary N) is 1. The first kappa shape index (κ1) is 14.9. The van der Waals surface area contributed by atoms with Gasteiger partial charge in [-0.15, -0.1) is 0 Å². The van der Waals surface area contributed by atoms with Gasteiger partial charge >= 0.3 is 0 Å². The Hall–Kier alpha value is -2.54. The van der Waals surface area contributed by atoms with Crippen LogP contribution in [-0.2, 0) is 6.54 Å². The van der Waals surface area contributed by atoms with Crippen LogP contribution in [0.4, 0.5) is 11.6 Å². The molecular weight excluding hydrogens is 270 g/mol. The van der Waals surface area contributed by atoms with E-state index < -0.39 is 0 Å². The van der Waals surface area contributed by atoms with Crippen molar-refractivity contribution >= 4 is 11.6 Å². The highest BCUT2D eigenvalue weighted by atomic mass is 16.5. The molecule has 4 N–H and O–H groups in total. The Kier molecular flexibility index (Phi) is 4.78. The second-order valence-corrected chi connectivity index (χ2v) is 4.37. The predicted octanol–water partition coefficient (Wildman–Crippen LogP) is 1.70. The summed E-state index contributed by atoms with van der Waals surface area (Å²) in [6, 6.07) is 5.68. The van der Waals surface area contributed by atoms with Crippen molar-refractivity contribution in [3.63, 3.8) is 0 Å². The van der Waals surface area contributed by atoms with Gasteiger partial charge in [0.15, 0.2) is 0 Å². The van der Waals surface area contributed by atoms with Gasteiger partial charge in [-0.25, -0.2) is 15.8 Å². The van der Waals surface area contributed by atoms with Crippen molar-refractivity contribution in [2.75, 3.05) is 25.0 Å². The lowest BCUT2D eigenvalue weighted by Crippen LogP contribution is -2.12. The molecule has 0 radical (unpaired) electrons. The molecule has 112 valence electrons. The van der Waals surface area contributed by atoms with Crippen LogP contribution in [0.3, 0.4) is 0 Å². The molecule has 7 nitrogen and oxygen atoms in total. The Bertz CT molecular complexity index is 618. The minimum atomic E-state index is 0.565. The van der Waals surface area contributed by atoms with Crippen molar-refractivity contribution in [3.05, 3.63) is 35.7 Å². The van der Waals surface area contributed by atoms with Crippen LogP contribution in [-0.4, -0.2) is 24.2 Å². The molecular formula is C14H19N5O2. The lowest BCUT2D eigenvalue weighted by Gasteiger charge is -2.13. The second-order valence-electron chi connectivity index (χ2n) is 4.37. The highest BCUT2D eigenvalue weighted by Crippen LogP contribution is 2.26. The van der Waals surface area contributed by atoms with E-state index in [0.29, 0.717) is 12.4 Å². The number of hydrazine groups is 1. The topological polar surface area (TPSA) is 94.3 Å². The van der Waals surface area contributed by atoms with Crippen molar-refractivity contribution in [1.29, 1.82) is 0 Å². The minimum absolute atomic E-state index is 0.565. The lowest BCUT2D eigenvalue weighted by atomic mass is 10.2. The fraction of sp³-hybridized carbons (Fsp3) is 0.286. The minimum Gasteiger partial charge on any atom is -0.497 e. The smallest absolute Gasteiger partial charge is 0.148 e. The molecule has 0 aliphatic rings. The fourth-order valence-corrected chi connectivity index (χ4v) is 1.95. The first-order chi connectivity index (χ1) is 10.2. The van der Waals surface area contributed by atoms with Crippen LogP contribution in [0.15, 0.2) is 24.5 Å². The van der Waals surface area contributed by atoms with Crippen molar-refractivity contribution in [1.82, 2.24) is 9.97 Å². The summed E-state index contributed by atoms with van der Waals surface area (Å²) in [6.45, 7) is 2.46. The van der Waals surface area contributed by atoms with Crippen molar-refractivity contribution in [3.8, 4) is 11.5 Å².